The Morgan fingerprint density at radius 3 is 2.67 bits per heavy atom. The number of nitro groups is 1. The molecule has 0 spiro atoms. The van der Waals surface area contributed by atoms with Crippen LogP contribution in [0.2, 0.25) is 0 Å². The lowest BCUT2D eigenvalue weighted by atomic mass is 10.2. The molecule has 0 aromatic heterocycles. The second-order valence-electron chi connectivity index (χ2n) is 3.54. The summed E-state index contributed by atoms with van der Waals surface area (Å²) in [5.41, 5.74) is 1.35. The maximum absolute atomic E-state index is 10.7. The summed E-state index contributed by atoms with van der Waals surface area (Å²) in [6.07, 6.45) is 0. The number of benzene rings is 1. The van der Waals surface area contributed by atoms with E-state index in [0.717, 1.165) is 0 Å². The summed E-state index contributed by atoms with van der Waals surface area (Å²) in [5, 5.41) is 25.1. The minimum absolute atomic E-state index is 0.0132. The van der Waals surface area contributed by atoms with Crippen LogP contribution in [0.4, 0.5) is 17.1 Å². The fourth-order valence-electron chi connectivity index (χ4n) is 1.40. The highest BCUT2D eigenvalue weighted by Gasteiger charge is 2.08. The summed E-state index contributed by atoms with van der Waals surface area (Å²) in [5.74, 6) is 0. The van der Waals surface area contributed by atoms with Gasteiger partial charge in [0.15, 0.2) is 0 Å². The molecule has 1 rings (SSSR count). The van der Waals surface area contributed by atoms with Crippen LogP contribution in [-0.4, -0.2) is 43.4 Å². The molecule has 0 aliphatic rings. The van der Waals surface area contributed by atoms with Crippen molar-refractivity contribution in [3.63, 3.8) is 0 Å². The van der Waals surface area contributed by atoms with Crippen molar-refractivity contribution < 1.29 is 14.8 Å². The Kier molecular flexibility index (Phi) is 5.89. The molecule has 0 heterocycles. The molecule has 3 N–H and O–H groups in total. The molecule has 0 amide bonds. The Bertz CT molecular complexity index is 398. The van der Waals surface area contributed by atoms with Gasteiger partial charge in [-0.05, 0) is 6.07 Å². The second kappa shape index (κ2) is 7.46. The molecule has 1 aromatic carbocycles. The average Bonchev–Trinajstić information content (AvgIpc) is 2.38. The molecule has 0 atom stereocenters. The van der Waals surface area contributed by atoms with Crippen LogP contribution in [0.25, 0.3) is 0 Å². The van der Waals surface area contributed by atoms with Crippen molar-refractivity contribution in [2.75, 3.05) is 44.0 Å². The first-order valence-corrected chi connectivity index (χ1v) is 5.57. The summed E-state index contributed by atoms with van der Waals surface area (Å²) in [7, 11) is 1.70. The monoisotopic (exact) mass is 255 g/mol. The van der Waals surface area contributed by atoms with E-state index in [2.05, 4.69) is 10.6 Å². The lowest BCUT2D eigenvalue weighted by Gasteiger charge is -2.08. The van der Waals surface area contributed by atoms with Gasteiger partial charge in [0.05, 0.1) is 24.7 Å². The Morgan fingerprint density at radius 2 is 2.06 bits per heavy atom. The van der Waals surface area contributed by atoms with E-state index in [9.17, 15) is 10.1 Å². The Hall–Kier alpha value is -1.86. The molecular weight excluding hydrogens is 238 g/mol. The first-order chi connectivity index (χ1) is 8.67. The summed E-state index contributed by atoms with van der Waals surface area (Å²) < 4.78 is 5.08. The number of nitrogens with one attached hydrogen (secondary N) is 2. The predicted octanol–water partition coefficient (Wildman–Crippen LogP) is 1.06. The van der Waals surface area contributed by atoms with Crippen molar-refractivity contribution in [3.8, 4) is 0 Å². The molecule has 7 heteroatoms. The molecule has 0 aliphatic heterocycles. The summed E-state index contributed by atoms with van der Waals surface area (Å²) in [4.78, 5) is 10.3. The van der Waals surface area contributed by atoms with Crippen LogP contribution in [0, 0.1) is 10.1 Å². The molecule has 7 nitrogen and oxygen atoms in total. The van der Waals surface area contributed by atoms with Crippen LogP contribution in [-0.2, 0) is 4.74 Å². The molecule has 0 unspecified atom stereocenters. The second-order valence-corrected chi connectivity index (χ2v) is 3.54. The molecule has 0 aliphatic carbocycles. The van der Waals surface area contributed by atoms with Gasteiger partial charge in [0.2, 0.25) is 0 Å². The minimum atomic E-state index is -0.436. The summed E-state index contributed by atoms with van der Waals surface area (Å²) in [6.45, 7) is 1.22. The fourth-order valence-corrected chi connectivity index (χ4v) is 1.40. The zero-order valence-corrected chi connectivity index (χ0v) is 10.2. The molecular formula is C11H17N3O4. The lowest BCUT2D eigenvalue weighted by molar-refractivity contribution is -0.384. The third kappa shape index (κ3) is 4.56. The molecule has 0 bridgehead atoms. The number of rotatable bonds is 8. The zero-order valence-electron chi connectivity index (χ0n) is 10.2. The van der Waals surface area contributed by atoms with Crippen LogP contribution in [0.1, 0.15) is 0 Å². The van der Waals surface area contributed by atoms with Gasteiger partial charge in [-0.15, -0.1) is 0 Å². The topological polar surface area (TPSA) is 96.7 Å². The van der Waals surface area contributed by atoms with Crippen LogP contribution >= 0.6 is 0 Å². The summed E-state index contributed by atoms with van der Waals surface area (Å²) in [6, 6.07) is 4.71. The van der Waals surface area contributed by atoms with Crippen molar-refractivity contribution in [2.24, 2.45) is 0 Å². The quantitative estimate of drug-likeness (QED) is 0.365. The van der Waals surface area contributed by atoms with Gasteiger partial charge < -0.3 is 20.5 Å². The van der Waals surface area contributed by atoms with E-state index in [4.69, 9.17) is 9.84 Å². The van der Waals surface area contributed by atoms with E-state index in [1.165, 1.54) is 12.1 Å². The third-order valence-electron chi connectivity index (χ3n) is 2.23. The molecule has 0 saturated carbocycles. The van der Waals surface area contributed by atoms with Gasteiger partial charge >= 0.3 is 0 Å². The highest BCUT2D eigenvalue weighted by Crippen LogP contribution is 2.23. The van der Waals surface area contributed by atoms with Crippen molar-refractivity contribution in [1.29, 1.82) is 0 Å². The lowest BCUT2D eigenvalue weighted by Crippen LogP contribution is -2.11. The largest absolute Gasteiger partial charge is 0.394 e. The van der Waals surface area contributed by atoms with Gasteiger partial charge in [0.25, 0.3) is 5.69 Å². The standard InChI is InChI=1S/C11H17N3O4/c1-12-9-6-10(8-11(7-9)14(16)17)13-2-4-18-5-3-15/h6-8,12-13,15H,2-5H2,1H3. The van der Waals surface area contributed by atoms with Crippen LogP contribution in [0.3, 0.4) is 0 Å². The molecule has 100 valence electrons. The Morgan fingerprint density at radius 1 is 1.33 bits per heavy atom. The van der Waals surface area contributed by atoms with Gasteiger partial charge in [-0.3, -0.25) is 10.1 Å². The smallest absolute Gasteiger partial charge is 0.273 e. The number of nitrogens with zero attached hydrogens (tertiary/aromatic N) is 1. The van der Waals surface area contributed by atoms with E-state index in [-0.39, 0.29) is 12.3 Å². The van der Waals surface area contributed by atoms with E-state index in [0.29, 0.717) is 31.1 Å². The van der Waals surface area contributed by atoms with Gasteiger partial charge in [-0.2, -0.15) is 0 Å². The first kappa shape index (κ1) is 14.2. The van der Waals surface area contributed by atoms with E-state index in [1.807, 2.05) is 0 Å². The average molecular weight is 255 g/mol. The van der Waals surface area contributed by atoms with Gasteiger partial charge in [-0.25, -0.2) is 0 Å². The van der Waals surface area contributed by atoms with E-state index < -0.39 is 4.92 Å². The number of hydrogen-bond acceptors (Lipinski definition) is 6. The molecule has 1 aromatic rings. The number of nitro benzene ring substituents is 1. The van der Waals surface area contributed by atoms with Gasteiger partial charge in [0.1, 0.15) is 0 Å². The Labute approximate surface area is 105 Å². The van der Waals surface area contributed by atoms with Crippen molar-refractivity contribution in [3.05, 3.63) is 28.3 Å². The maximum atomic E-state index is 10.7. The fraction of sp³-hybridized carbons (Fsp3) is 0.455. The number of aliphatic hydroxyl groups excluding tert-OH is 1. The summed E-state index contributed by atoms with van der Waals surface area (Å²) >= 11 is 0. The first-order valence-electron chi connectivity index (χ1n) is 5.57. The predicted molar refractivity (Wildman–Crippen MR) is 69.0 cm³/mol. The normalized spacial score (nSPS) is 10.1. The van der Waals surface area contributed by atoms with Crippen LogP contribution < -0.4 is 10.6 Å². The van der Waals surface area contributed by atoms with Crippen molar-refractivity contribution in [1.82, 2.24) is 0 Å². The molecule has 18 heavy (non-hydrogen) atoms. The van der Waals surface area contributed by atoms with Crippen LogP contribution in [0.15, 0.2) is 18.2 Å². The molecule has 0 radical (unpaired) electrons. The number of ether oxygens (including phenoxy) is 1. The van der Waals surface area contributed by atoms with Crippen molar-refractivity contribution in [2.45, 2.75) is 0 Å². The van der Waals surface area contributed by atoms with Gasteiger partial charge in [0, 0.05) is 37.1 Å². The highest BCUT2D eigenvalue weighted by atomic mass is 16.6. The maximum Gasteiger partial charge on any atom is 0.273 e. The van der Waals surface area contributed by atoms with Crippen LogP contribution in [0.5, 0.6) is 0 Å². The van der Waals surface area contributed by atoms with E-state index in [1.54, 1.807) is 13.1 Å². The van der Waals surface area contributed by atoms with E-state index >= 15 is 0 Å². The number of non-ortho nitro benzene ring substituents is 1. The van der Waals surface area contributed by atoms with Gasteiger partial charge in [-0.1, -0.05) is 0 Å². The molecule has 0 fully saturated rings. The zero-order chi connectivity index (χ0) is 13.4. The SMILES string of the molecule is CNc1cc(NCCOCCO)cc([N+](=O)[O-])c1. The number of hydrogen-bond donors (Lipinski definition) is 3. The molecule has 0 saturated heterocycles. The number of aliphatic hydroxyl groups is 1. The third-order valence-corrected chi connectivity index (χ3v) is 2.23. The highest BCUT2D eigenvalue weighted by molar-refractivity contribution is 5.63. The number of anilines is 2. The Balaban J connectivity index is 2.58. The minimum Gasteiger partial charge on any atom is -0.394 e. The van der Waals surface area contributed by atoms with Crippen molar-refractivity contribution >= 4 is 17.1 Å².